The molecule has 2 aromatic rings. The Labute approximate surface area is 176 Å². The summed E-state index contributed by atoms with van der Waals surface area (Å²) in [6, 6.07) is 9.69. The van der Waals surface area contributed by atoms with Crippen molar-refractivity contribution in [3.63, 3.8) is 0 Å². The largest absolute Gasteiger partial charge is 0.462 e. The molecule has 3 rings (SSSR count). The number of Topliss-reactive ketones (excluding diaryl/α,β-unsaturated/α-hetero) is 1. The van der Waals surface area contributed by atoms with Gasteiger partial charge in [-0.2, -0.15) is 8.78 Å². The molecule has 0 aromatic heterocycles. The Balaban J connectivity index is 1.95. The first-order valence-corrected chi connectivity index (χ1v) is 10.3. The minimum absolute atomic E-state index is 0.000931. The van der Waals surface area contributed by atoms with Crippen molar-refractivity contribution in [2.24, 2.45) is 0 Å². The summed E-state index contributed by atoms with van der Waals surface area (Å²) in [5, 5.41) is 0. The predicted octanol–water partition coefficient (Wildman–Crippen LogP) is 6.19. The minimum atomic E-state index is -3.70. The lowest BCUT2D eigenvalue weighted by atomic mass is 9.63. The molecule has 3 nitrogen and oxygen atoms in total. The molecule has 0 saturated heterocycles. The van der Waals surface area contributed by atoms with Crippen LogP contribution in [0, 0.1) is 0 Å². The lowest BCUT2D eigenvalue weighted by Gasteiger charge is -2.42. The Morgan fingerprint density at radius 2 is 1.43 bits per heavy atom. The van der Waals surface area contributed by atoms with Crippen molar-refractivity contribution in [1.29, 1.82) is 0 Å². The van der Waals surface area contributed by atoms with Crippen LogP contribution in [0.3, 0.4) is 0 Å². The van der Waals surface area contributed by atoms with E-state index in [-0.39, 0.29) is 28.6 Å². The molecule has 30 heavy (non-hydrogen) atoms. The molecule has 2 aromatic carbocycles. The Hall–Kier alpha value is -2.56. The summed E-state index contributed by atoms with van der Waals surface area (Å²) in [6.07, 6.45) is 1.93. The molecule has 0 amide bonds. The molecule has 0 unspecified atom stereocenters. The summed E-state index contributed by atoms with van der Waals surface area (Å²) in [6.45, 7) is 10.3. The normalized spacial score (nSPS) is 17.2. The number of hydrogen-bond acceptors (Lipinski definition) is 3. The molecule has 0 N–H and O–H groups in total. The van der Waals surface area contributed by atoms with Crippen LogP contribution < -0.4 is 0 Å². The van der Waals surface area contributed by atoms with E-state index < -0.39 is 23.2 Å². The Bertz CT molecular complexity index is 972. The number of halogens is 2. The van der Waals surface area contributed by atoms with Gasteiger partial charge < -0.3 is 4.74 Å². The van der Waals surface area contributed by atoms with Crippen LogP contribution in [0.5, 0.6) is 0 Å². The van der Waals surface area contributed by atoms with E-state index in [9.17, 15) is 9.59 Å². The fraction of sp³-hybridized carbons (Fsp3) is 0.440. The van der Waals surface area contributed by atoms with Gasteiger partial charge in [0.2, 0.25) is 5.78 Å². The van der Waals surface area contributed by atoms with Gasteiger partial charge in [-0.05, 0) is 59.9 Å². The number of carbonyl (C=O) groups is 2. The molecule has 0 bridgehead atoms. The molecule has 0 aliphatic heterocycles. The Morgan fingerprint density at radius 1 is 0.900 bits per heavy atom. The third-order valence-electron chi connectivity index (χ3n) is 6.16. The van der Waals surface area contributed by atoms with Crippen LogP contribution in [0.4, 0.5) is 8.78 Å². The average Bonchev–Trinajstić information content (AvgIpc) is 2.71. The summed E-state index contributed by atoms with van der Waals surface area (Å²) >= 11 is 0. The molecule has 0 heterocycles. The highest BCUT2D eigenvalue weighted by molar-refractivity contribution is 6.02. The van der Waals surface area contributed by atoms with E-state index in [1.165, 1.54) is 18.2 Å². The fourth-order valence-electron chi connectivity index (χ4n) is 4.07. The molecule has 0 fully saturated rings. The van der Waals surface area contributed by atoms with Gasteiger partial charge in [-0.25, -0.2) is 4.79 Å². The Morgan fingerprint density at radius 3 is 2.00 bits per heavy atom. The summed E-state index contributed by atoms with van der Waals surface area (Å²) in [5.41, 5.74) is 1.55. The van der Waals surface area contributed by atoms with Crippen LogP contribution in [-0.2, 0) is 21.5 Å². The number of benzene rings is 2. The summed E-state index contributed by atoms with van der Waals surface area (Å²) in [4.78, 5) is 24.5. The lowest BCUT2D eigenvalue weighted by Crippen LogP contribution is -2.34. The number of rotatable bonds is 5. The maximum absolute atomic E-state index is 15.0. The minimum Gasteiger partial charge on any atom is -0.462 e. The zero-order valence-electron chi connectivity index (χ0n) is 18.1. The number of ketones is 1. The van der Waals surface area contributed by atoms with Gasteiger partial charge in [0.1, 0.15) is 0 Å². The molecule has 1 aliphatic rings. The Kier molecular flexibility index (Phi) is 5.61. The second kappa shape index (κ2) is 7.60. The van der Waals surface area contributed by atoms with E-state index in [1.807, 2.05) is 6.07 Å². The van der Waals surface area contributed by atoms with Crippen molar-refractivity contribution in [3.05, 3.63) is 70.3 Å². The fourth-order valence-corrected chi connectivity index (χ4v) is 4.07. The van der Waals surface area contributed by atoms with Gasteiger partial charge in [-0.1, -0.05) is 52.0 Å². The topological polar surface area (TPSA) is 43.4 Å². The highest BCUT2D eigenvalue weighted by atomic mass is 19.3. The lowest BCUT2D eigenvalue weighted by molar-refractivity contribution is 0.00738. The van der Waals surface area contributed by atoms with Gasteiger partial charge in [0, 0.05) is 11.1 Å². The highest BCUT2D eigenvalue weighted by Gasteiger charge is 2.43. The summed E-state index contributed by atoms with van der Waals surface area (Å²) in [7, 11) is 0. The van der Waals surface area contributed by atoms with E-state index in [4.69, 9.17) is 4.74 Å². The molecule has 160 valence electrons. The molecular formula is C25H28F2O3. The van der Waals surface area contributed by atoms with E-state index in [0.29, 0.717) is 0 Å². The predicted molar refractivity (Wildman–Crippen MR) is 112 cm³/mol. The van der Waals surface area contributed by atoms with Crippen LogP contribution in [0.2, 0.25) is 0 Å². The van der Waals surface area contributed by atoms with Gasteiger partial charge in [0.05, 0.1) is 12.2 Å². The van der Waals surface area contributed by atoms with Gasteiger partial charge in [-0.3, -0.25) is 4.79 Å². The third kappa shape index (κ3) is 3.90. The number of fused-ring (bicyclic) bond motifs is 1. The van der Waals surface area contributed by atoms with E-state index in [0.717, 1.165) is 36.1 Å². The monoisotopic (exact) mass is 414 g/mol. The molecule has 0 atom stereocenters. The van der Waals surface area contributed by atoms with Gasteiger partial charge in [0.15, 0.2) is 0 Å². The van der Waals surface area contributed by atoms with Crippen molar-refractivity contribution in [3.8, 4) is 0 Å². The van der Waals surface area contributed by atoms with E-state index >= 15 is 8.78 Å². The zero-order chi connectivity index (χ0) is 22.3. The molecule has 5 heteroatoms. The SMILES string of the molecule is CCOC(=O)c1ccc(C(F)(F)C(=O)c2ccc3c(c2)C(C)(C)CCC3(C)C)cc1. The quantitative estimate of drug-likeness (QED) is 0.433. The number of hydrogen-bond donors (Lipinski definition) is 0. The van der Waals surface area contributed by atoms with Crippen molar-refractivity contribution in [2.75, 3.05) is 6.61 Å². The molecular weight excluding hydrogens is 386 g/mol. The first kappa shape index (κ1) is 22.1. The first-order chi connectivity index (χ1) is 13.9. The van der Waals surface area contributed by atoms with E-state index in [2.05, 4.69) is 27.7 Å². The second-order valence-corrected chi connectivity index (χ2v) is 9.23. The van der Waals surface area contributed by atoms with Crippen LogP contribution >= 0.6 is 0 Å². The van der Waals surface area contributed by atoms with Crippen LogP contribution in [-0.4, -0.2) is 18.4 Å². The summed E-state index contributed by atoms with van der Waals surface area (Å²) in [5.74, 6) is -5.53. The van der Waals surface area contributed by atoms with Gasteiger partial charge in [0.25, 0.3) is 0 Å². The van der Waals surface area contributed by atoms with Crippen molar-refractivity contribution in [1.82, 2.24) is 0 Å². The van der Waals surface area contributed by atoms with Crippen LogP contribution in [0.25, 0.3) is 0 Å². The van der Waals surface area contributed by atoms with Crippen molar-refractivity contribution >= 4 is 11.8 Å². The number of alkyl halides is 2. The average molecular weight is 414 g/mol. The second-order valence-electron chi connectivity index (χ2n) is 9.23. The molecule has 1 aliphatic carbocycles. The molecule has 0 radical (unpaired) electrons. The van der Waals surface area contributed by atoms with Crippen LogP contribution in [0.1, 0.15) is 84.9 Å². The van der Waals surface area contributed by atoms with Crippen molar-refractivity contribution < 1.29 is 23.1 Å². The van der Waals surface area contributed by atoms with Crippen molar-refractivity contribution in [2.45, 2.75) is 64.2 Å². The number of carbonyl (C=O) groups excluding carboxylic acids is 2. The standard InChI is InChI=1S/C25H28F2O3/c1-6-30-22(29)16-7-10-18(11-8-16)25(26,27)21(28)17-9-12-19-20(15-17)24(4,5)14-13-23(19,2)3/h7-12,15H,6,13-14H2,1-5H3. The third-order valence-corrected chi connectivity index (χ3v) is 6.16. The highest BCUT2D eigenvalue weighted by Crippen LogP contribution is 2.46. The van der Waals surface area contributed by atoms with Crippen LogP contribution in [0.15, 0.2) is 42.5 Å². The maximum Gasteiger partial charge on any atom is 0.338 e. The number of ether oxygens (including phenoxy) is 1. The molecule has 0 saturated carbocycles. The van der Waals surface area contributed by atoms with Gasteiger partial charge >= 0.3 is 11.9 Å². The smallest absolute Gasteiger partial charge is 0.338 e. The van der Waals surface area contributed by atoms with E-state index in [1.54, 1.807) is 13.0 Å². The number of esters is 1. The molecule has 0 spiro atoms. The zero-order valence-corrected chi connectivity index (χ0v) is 18.1. The first-order valence-electron chi connectivity index (χ1n) is 10.3. The summed E-state index contributed by atoms with van der Waals surface area (Å²) < 4.78 is 34.9. The van der Waals surface area contributed by atoms with Gasteiger partial charge in [-0.15, -0.1) is 0 Å². The maximum atomic E-state index is 15.0.